The van der Waals surface area contributed by atoms with Gasteiger partial charge in [-0.15, -0.1) is 0 Å². The van der Waals surface area contributed by atoms with E-state index in [1.807, 2.05) is 12.1 Å². The summed E-state index contributed by atoms with van der Waals surface area (Å²) < 4.78 is 0. The fourth-order valence-corrected chi connectivity index (χ4v) is 5.74. The number of amides is 1. The number of nitrogens with zero attached hydrogens (tertiary/aromatic N) is 4. The van der Waals surface area contributed by atoms with Crippen LogP contribution in [0.5, 0.6) is 0 Å². The first-order valence-corrected chi connectivity index (χ1v) is 11.9. The minimum atomic E-state index is 0.249. The van der Waals surface area contributed by atoms with Crippen molar-refractivity contribution >= 4 is 22.6 Å². The number of aromatic nitrogens is 2. The Hall–Kier alpha value is -2.86. The van der Waals surface area contributed by atoms with Crippen molar-refractivity contribution in [3.63, 3.8) is 0 Å². The predicted octanol–water partition coefficient (Wildman–Crippen LogP) is 3.51. The van der Waals surface area contributed by atoms with E-state index in [1.54, 1.807) is 0 Å². The van der Waals surface area contributed by atoms with Crippen LogP contribution >= 0.6 is 0 Å². The van der Waals surface area contributed by atoms with Gasteiger partial charge in [-0.3, -0.25) is 9.69 Å². The van der Waals surface area contributed by atoms with Gasteiger partial charge < -0.3 is 14.8 Å². The number of anilines is 1. The molecule has 1 saturated carbocycles. The Kier molecular flexibility index (Phi) is 4.90. The van der Waals surface area contributed by atoms with E-state index >= 15 is 0 Å². The number of nitrogens with one attached hydrogen (secondary N) is 1. The van der Waals surface area contributed by atoms with Crippen molar-refractivity contribution in [2.75, 3.05) is 44.2 Å². The predicted molar refractivity (Wildman–Crippen MR) is 126 cm³/mol. The van der Waals surface area contributed by atoms with Gasteiger partial charge in [0.1, 0.15) is 5.82 Å². The number of likely N-dealkylation sites (tertiary alicyclic amines) is 1. The average molecular weight is 430 g/mol. The fourth-order valence-electron chi connectivity index (χ4n) is 5.74. The van der Waals surface area contributed by atoms with Crippen molar-refractivity contribution in [2.24, 2.45) is 11.3 Å². The summed E-state index contributed by atoms with van der Waals surface area (Å²) in [6.45, 7) is 6.54. The number of para-hydroxylation sites is 3. The third kappa shape index (κ3) is 3.66. The number of benzene rings is 2. The van der Waals surface area contributed by atoms with Crippen molar-refractivity contribution in [1.29, 1.82) is 0 Å². The van der Waals surface area contributed by atoms with Gasteiger partial charge in [0.15, 0.2) is 0 Å². The first kappa shape index (κ1) is 19.8. The minimum Gasteiger partial charge on any atom is -0.368 e. The Labute approximate surface area is 189 Å². The molecule has 3 aromatic rings. The number of hydrogen-bond donors (Lipinski definition) is 1. The van der Waals surface area contributed by atoms with Crippen LogP contribution in [0.1, 0.15) is 25.1 Å². The highest BCUT2D eigenvalue weighted by atomic mass is 16.2. The second kappa shape index (κ2) is 7.93. The van der Waals surface area contributed by atoms with E-state index in [0.717, 1.165) is 81.9 Å². The highest BCUT2D eigenvalue weighted by Gasteiger charge is 2.59. The van der Waals surface area contributed by atoms with Gasteiger partial charge >= 0.3 is 0 Å². The summed E-state index contributed by atoms with van der Waals surface area (Å²) in [5, 5.41) is 0. The van der Waals surface area contributed by atoms with E-state index < -0.39 is 0 Å². The SMILES string of the molecule is O=C(C1CC12CCN(Cc1nc3ccccc3[nH]1)CC2)N1CCN(c2ccccc2)CC1. The Morgan fingerprint density at radius 3 is 2.41 bits per heavy atom. The lowest BCUT2D eigenvalue weighted by molar-refractivity contribution is -0.134. The number of piperidine rings is 1. The molecule has 6 heteroatoms. The Bertz CT molecular complexity index is 1060. The maximum atomic E-state index is 13.2. The van der Waals surface area contributed by atoms with E-state index in [9.17, 15) is 4.79 Å². The number of rotatable bonds is 4. The zero-order valence-corrected chi connectivity index (χ0v) is 18.5. The van der Waals surface area contributed by atoms with Crippen LogP contribution in [0.25, 0.3) is 11.0 Å². The third-order valence-electron chi connectivity index (χ3n) is 7.86. The van der Waals surface area contributed by atoms with Crippen LogP contribution in [-0.2, 0) is 11.3 Å². The molecule has 3 aliphatic rings. The minimum absolute atomic E-state index is 0.249. The second-order valence-corrected chi connectivity index (χ2v) is 9.74. The summed E-state index contributed by atoms with van der Waals surface area (Å²) in [5.41, 5.74) is 3.67. The van der Waals surface area contributed by atoms with Crippen LogP contribution in [0.4, 0.5) is 5.69 Å². The van der Waals surface area contributed by atoms with Gasteiger partial charge in [-0.1, -0.05) is 30.3 Å². The molecule has 2 aliphatic heterocycles. The zero-order valence-electron chi connectivity index (χ0n) is 18.5. The molecule has 3 fully saturated rings. The molecule has 166 valence electrons. The number of aromatic amines is 1. The Morgan fingerprint density at radius 1 is 0.938 bits per heavy atom. The van der Waals surface area contributed by atoms with Gasteiger partial charge in [0, 0.05) is 37.8 Å². The Morgan fingerprint density at radius 2 is 1.66 bits per heavy atom. The van der Waals surface area contributed by atoms with Crippen molar-refractivity contribution in [3.05, 3.63) is 60.4 Å². The number of fused-ring (bicyclic) bond motifs is 1. The summed E-state index contributed by atoms with van der Waals surface area (Å²) in [5.74, 6) is 1.70. The van der Waals surface area contributed by atoms with Gasteiger partial charge in [0.05, 0.1) is 17.6 Å². The molecule has 1 unspecified atom stereocenters. The molecule has 1 amide bonds. The molecule has 1 aliphatic carbocycles. The van der Waals surface area contributed by atoms with E-state index in [-0.39, 0.29) is 11.3 Å². The second-order valence-electron chi connectivity index (χ2n) is 9.74. The molecule has 1 aromatic heterocycles. The van der Waals surface area contributed by atoms with Crippen LogP contribution in [-0.4, -0.2) is 64.9 Å². The van der Waals surface area contributed by atoms with E-state index in [0.29, 0.717) is 5.91 Å². The number of carbonyl (C=O) groups excluding carboxylic acids is 1. The molecule has 1 N–H and O–H groups in total. The van der Waals surface area contributed by atoms with Crippen LogP contribution in [0, 0.1) is 11.3 Å². The number of piperazine rings is 1. The summed E-state index contributed by atoms with van der Waals surface area (Å²) >= 11 is 0. The van der Waals surface area contributed by atoms with Crippen LogP contribution in [0.15, 0.2) is 54.6 Å². The summed E-state index contributed by atoms with van der Waals surface area (Å²) in [7, 11) is 0. The standard InChI is InChI=1S/C26H31N5O/c32-25(31-16-14-30(15-17-31)20-6-2-1-3-7-20)21-18-26(21)10-12-29(13-11-26)19-24-27-22-8-4-5-9-23(22)28-24/h1-9,21H,10-19H2,(H,27,28). The van der Waals surface area contributed by atoms with Crippen molar-refractivity contribution in [1.82, 2.24) is 19.8 Å². The number of H-pyrrole nitrogens is 1. The first-order chi connectivity index (χ1) is 15.7. The molecule has 1 spiro atoms. The lowest BCUT2D eigenvalue weighted by atomic mass is 9.90. The smallest absolute Gasteiger partial charge is 0.226 e. The molecule has 3 heterocycles. The number of carbonyl (C=O) groups is 1. The van der Waals surface area contributed by atoms with Gasteiger partial charge in [-0.25, -0.2) is 4.98 Å². The highest BCUT2D eigenvalue weighted by molar-refractivity contribution is 5.83. The average Bonchev–Trinajstić information content (AvgIpc) is 3.39. The summed E-state index contributed by atoms with van der Waals surface area (Å²) in [6.07, 6.45) is 3.35. The van der Waals surface area contributed by atoms with Crippen LogP contribution in [0.3, 0.4) is 0 Å². The van der Waals surface area contributed by atoms with E-state index in [2.05, 4.69) is 62.1 Å². The molecular formula is C26H31N5O. The molecule has 1 atom stereocenters. The molecule has 2 aromatic carbocycles. The van der Waals surface area contributed by atoms with Crippen molar-refractivity contribution in [3.8, 4) is 0 Å². The topological polar surface area (TPSA) is 55.5 Å². The molecule has 0 bridgehead atoms. The number of imidazole rings is 1. The quantitative estimate of drug-likeness (QED) is 0.690. The lowest BCUT2D eigenvalue weighted by Gasteiger charge is -2.37. The van der Waals surface area contributed by atoms with Crippen molar-refractivity contribution in [2.45, 2.75) is 25.8 Å². The molecule has 6 rings (SSSR count). The molecule has 32 heavy (non-hydrogen) atoms. The molecule has 6 nitrogen and oxygen atoms in total. The van der Waals surface area contributed by atoms with Gasteiger partial charge in [0.25, 0.3) is 0 Å². The van der Waals surface area contributed by atoms with E-state index in [4.69, 9.17) is 4.98 Å². The van der Waals surface area contributed by atoms with E-state index in [1.165, 1.54) is 5.69 Å². The first-order valence-electron chi connectivity index (χ1n) is 11.9. The highest BCUT2D eigenvalue weighted by Crippen LogP contribution is 2.60. The fraction of sp³-hybridized carbons (Fsp3) is 0.462. The van der Waals surface area contributed by atoms with Gasteiger partial charge in [0.2, 0.25) is 5.91 Å². The normalized spacial score (nSPS) is 23.1. The van der Waals surface area contributed by atoms with Crippen molar-refractivity contribution < 1.29 is 4.79 Å². The summed E-state index contributed by atoms with van der Waals surface area (Å²) in [4.78, 5) is 28.4. The molecular weight excluding hydrogens is 398 g/mol. The van der Waals surface area contributed by atoms with Crippen LogP contribution < -0.4 is 4.90 Å². The van der Waals surface area contributed by atoms with Gasteiger partial charge in [-0.2, -0.15) is 0 Å². The Balaban J connectivity index is 1.01. The zero-order chi connectivity index (χ0) is 21.5. The molecule has 2 saturated heterocycles. The van der Waals surface area contributed by atoms with Gasteiger partial charge in [-0.05, 0) is 62.0 Å². The number of hydrogen-bond acceptors (Lipinski definition) is 4. The largest absolute Gasteiger partial charge is 0.368 e. The lowest BCUT2D eigenvalue weighted by Crippen LogP contribution is -2.50. The third-order valence-corrected chi connectivity index (χ3v) is 7.86. The monoisotopic (exact) mass is 429 g/mol. The molecule has 0 radical (unpaired) electrons. The summed E-state index contributed by atoms with van der Waals surface area (Å²) in [6, 6.07) is 18.8. The van der Waals surface area contributed by atoms with Crippen LogP contribution in [0.2, 0.25) is 0 Å². The maximum absolute atomic E-state index is 13.2. The maximum Gasteiger partial charge on any atom is 0.226 e.